The van der Waals surface area contributed by atoms with Gasteiger partial charge in [0.25, 0.3) is 0 Å². The maximum absolute atomic E-state index is 12.2. The van der Waals surface area contributed by atoms with Crippen LogP contribution in [0.15, 0.2) is 0 Å². The third-order valence-corrected chi connectivity index (χ3v) is 4.62. The highest BCUT2D eigenvalue weighted by Gasteiger charge is 2.46. The molecule has 0 radical (unpaired) electrons. The molecule has 1 N–H and O–H groups in total. The number of hydrogen-bond donors (Lipinski definition) is 1. The molecule has 1 heterocycles. The Bertz CT molecular complexity index is 381. The molecule has 0 aromatic carbocycles. The molecule has 1 aliphatic carbocycles. The van der Waals surface area contributed by atoms with Crippen LogP contribution in [0.25, 0.3) is 0 Å². The standard InChI is InChI=1S/C16H29NO5/c1-16(2,3)22-15(19)17-6-5-12-11(8-17)7-14(13(12)9-18)21-10-20-4/h11-14,18H,5-10H2,1-4H3/t11-,12+,13-,14?/m0/s1. The quantitative estimate of drug-likeness (QED) is 0.802. The number of piperidine rings is 1. The Labute approximate surface area is 132 Å². The van der Waals surface area contributed by atoms with E-state index in [2.05, 4.69) is 0 Å². The number of ether oxygens (including phenoxy) is 3. The molecule has 1 saturated heterocycles. The second-order valence-electron chi connectivity index (χ2n) is 7.33. The van der Waals surface area contributed by atoms with Gasteiger partial charge in [0.2, 0.25) is 0 Å². The van der Waals surface area contributed by atoms with Crippen LogP contribution >= 0.6 is 0 Å². The maximum atomic E-state index is 12.2. The minimum absolute atomic E-state index is 0.0125. The normalized spacial score (nSPS) is 32.0. The molecule has 0 aromatic rings. The molecule has 22 heavy (non-hydrogen) atoms. The number of aliphatic hydroxyl groups excluding tert-OH is 1. The smallest absolute Gasteiger partial charge is 0.410 e. The highest BCUT2D eigenvalue weighted by molar-refractivity contribution is 5.68. The summed E-state index contributed by atoms with van der Waals surface area (Å²) in [5.41, 5.74) is -0.471. The van der Waals surface area contributed by atoms with Gasteiger partial charge in [-0.15, -0.1) is 0 Å². The zero-order valence-electron chi connectivity index (χ0n) is 14.1. The first-order valence-corrected chi connectivity index (χ1v) is 8.05. The van der Waals surface area contributed by atoms with Crippen molar-refractivity contribution in [3.05, 3.63) is 0 Å². The number of methoxy groups -OCH3 is 1. The number of hydrogen-bond acceptors (Lipinski definition) is 5. The van der Waals surface area contributed by atoms with Crippen LogP contribution in [0.3, 0.4) is 0 Å². The summed E-state index contributed by atoms with van der Waals surface area (Å²) in [6.45, 7) is 7.38. The number of fused-ring (bicyclic) bond motifs is 1. The third-order valence-electron chi connectivity index (χ3n) is 4.62. The fraction of sp³-hybridized carbons (Fsp3) is 0.938. The summed E-state index contributed by atoms with van der Waals surface area (Å²) in [6, 6.07) is 0. The van der Waals surface area contributed by atoms with E-state index < -0.39 is 5.60 Å². The summed E-state index contributed by atoms with van der Waals surface area (Å²) in [4.78, 5) is 14.0. The Balaban J connectivity index is 1.95. The lowest BCUT2D eigenvalue weighted by molar-refractivity contribution is -0.0929. The SMILES string of the molecule is COCOC1C[C@H]2CN(C(=O)OC(C)(C)C)CC[C@H]2[C@@H]1CO. The topological polar surface area (TPSA) is 68.2 Å². The van der Waals surface area contributed by atoms with Crippen molar-refractivity contribution in [1.29, 1.82) is 0 Å². The summed E-state index contributed by atoms with van der Waals surface area (Å²) in [5.74, 6) is 0.909. The summed E-state index contributed by atoms with van der Waals surface area (Å²) >= 11 is 0. The predicted octanol–water partition coefficient (Wildman–Crippen LogP) is 1.86. The molecule has 6 heteroatoms. The number of aliphatic hydroxyl groups is 1. The predicted molar refractivity (Wildman–Crippen MR) is 81.3 cm³/mol. The van der Waals surface area contributed by atoms with E-state index in [4.69, 9.17) is 14.2 Å². The molecule has 6 nitrogen and oxygen atoms in total. The van der Waals surface area contributed by atoms with E-state index >= 15 is 0 Å². The Morgan fingerprint density at radius 3 is 2.68 bits per heavy atom. The highest BCUT2D eigenvalue weighted by Crippen LogP contribution is 2.43. The summed E-state index contributed by atoms with van der Waals surface area (Å²) in [5, 5.41) is 9.68. The van der Waals surface area contributed by atoms with E-state index in [-0.39, 0.29) is 31.5 Å². The zero-order chi connectivity index (χ0) is 16.3. The van der Waals surface area contributed by atoms with Gasteiger partial charge < -0.3 is 24.2 Å². The molecule has 0 bridgehead atoms. The van der Waals surface area contributed by atoms with Gasteiger partial charge in [-0.1, -0.05) is 0 Å². The lowest BCUT2D eigenvalue weighted by Crippen LogP contribution is -2.45. The lowest BCUT2D eigenvalue weighted by atomic mass is 9.83. The van der Waals surface area contributed by atoms with Crippen molar-refractivity contribution in [2.45, 2.75) is 45.3 Å². The molecule has 1 amide bonds. The number of amides is 1. The molecule has 1 unspecified atom stereocenters. The summed E-state index contributed by atoms with van der Waals surface area (Å²) < 4.78 is 16.1. The number of nitrogens with zero attached hydrogens (tertiary/aromatic N) is 1. The number of carbonyl (C=O) groups is 1. The van der Waals surface area contributed by atoms with Crippen LogP contribution in [0, 0.1) is 17.8 Å². The fourth-order valence-electron chi connectivity index (χ4n) is 3.70. The molecule has 2 aliphatic rings. The van der Waals surface area contributed by atoms with Gasteiger partial charge in [0.1, 0.15) is 12.4 Å². The van der Waals surface area contributed by atoms with E-state index in [0.717, 1.165) is 12.8 Å². The van der Waals surface area contributed by atoms with Crippen LogP contribution in [0.5, 0.6) is 0 Å². The molecular formula is C16H29NO5. The van der Waals surface area contributed by atoms with E-state index in [1.54, 1.807) is 12.0 Å². The monoisotopic (exact) mass is 315 g/mol. The van der Waals surface area contributed by atoms with Gasteiger partial charge in [-0.05, 0) is 45.4 Å². The second-order valence-corrected chi connectivity index (χ2v) is 7.33. The van der Waals surface area contributed by atoms with E-state index in [1.165, 1.54) is 0 Å². The van der Waals surface area contributed by atoms with E-state index in [0.29, 0.717) is 24.9 Å². The van der Waals surface area contributed by atoms with Gasteiger partial charge in [-0.3, -0.25) is 0 Å². The molecule has 128 valence electrons. The Morgan fingerprint density at radius 2 is 2.09 bits per heavy atom. The van der Waals surface area contributed by atoms with Gasteiger partial charge in [-0.2, -0.15) is 0 Å². The minimum Gasteiger partial charge on any atom is -0.444 e. The van der Waals surface area contributed by atoms with Crippen LogP contribution in [-0.4, -0.2) is 61.4 Å². The Kier molecular flexibility index (Phi) is 5.69. The average molecular weight is 315 g/mol. The molecular weight excluding hydrogens is 286 g/mol. The van der Waals surface area contributed by atoms with Crippen LogP contribution in [-0.2, 0) is 14.2 Å². The molecule has 0 spiro atoms. The number of rotatable bonds is 4. The van der Waals surface area contributed by atoms with Crippen molar-refractivity contribution < 1.29 is 24.1 Å². The van der Waals surface area contributed by atoms with Crippen molar-refractivity contribution in [3.8, 4) is 0 Å². The molecule has 4 atom stereocenters. The summed E-state index contributed by atoms with van der Waals surface area (Å²) in [7, 11) is 1.60. The van der Waals surface area contributed by atoms with Crippen molar-refractivity contribution in [3.63, 3.8) is 0 Å². The number of likely N-dealkylation sites (tertiary alicyclic amines) is 1. The van der Waals surface area contributed by atoms with Gasteiger partial charge in [0.05, 0.1) is 6.10 Å². The van der Waals surface area contributed by atoms with Crippen LogP contribution in [0.4, 0.5) is 4.79 Å². The van der Waals surface area contributed by atoms with E-state index in [9.17, 15) is 9.90 Å². The van der Waals surface area contributed by atoms with Crippen LogP contribution in [0.2, 0.25) is 0 Å². The molecule has 1 aliphatic heterocycles. The largest absolute Gasteiger partial charge is 0.444 e. The number of carbonyl (C=O) groups excluding carboxylic acids is 1. The Hall–Kier alpha value is -0.850. The third kappa shape index (κ3) is 4.12. The molecule has 2 fully saturated rings. The second kappa shape index (κ2) is 7.15. The van der Waals surface area contributed by atoms with Crippen molar-refractivity contribution in [2.75, 3.05) is 33.6 Å². The van der Waals surface area contributed by atoms with Gasteiger partial charge >= 0.3 is 6.09 Å². The van der Waals surface area contributed by atoms with Crippen LogP contribution < -0.4 is 0 Å². The van der Waals surface area contributed by atoms with Gasteiger partial charge in [0, 0.05) is 32.7 Å². The average Bonchev–Trinajstić information content (AvgIpc) is 2.79. The first kappa shape index (κ1) is 17.5. The molecule has 2 rings (SSSR count). The van der Waals surface area contributed by atoms with Gasteiger partial charge in [-0.25, -0.2) is 4.79 Å². The maximum Gasteiger partial charge on any atom is 0.410 e. The van der Waals surface area contributed by atoms with Crippen LogP contribution in [0.1, 0.15) is 33.6 Å². The minimum atomic E-state index is -0.471. The first-order valence-electron chi connectivity index (χ1n) is 8.05. The summed E-state index contributed by atoms with van der Waals surface area (Å²) in [6.07, 6.45) is 1.52. The van der Waals surface area contributed by atoms with Gasteiger partial charge in [0.15, 0.2) is 0 Å². The highest BCUT2D eigenvalue weighted by atomic mass is 16.7. The fourth-order valence-corrected chi connectivity index (χ4v) is 3.70. The van der Waals surface area contributed by atoms with Crippen molar-refractivity contribution in [1.82, 2.24) is 4.90 Å². The van der Waals surface area contributed by atoms with E-state index in [1.807, 2.05) is 20.8 Å². The van der Waals surface area contributed by atoms with Crippen molar-refractivity contribution >= 4 is 6.09 Å². The Morgan fingerprint density at radius 1 is 1.36 bits per heavy atom. The zero-order valence-corrected chi connectivity index (χ0v) is 14.1. The van der Waals surface area contributed by atoms with Crippen molar-refractivity contribution in [2.24, 2.45) is 17.8 Å². The lowest BCUT2D eigenvalue weighted by Gasteiger charge is -2.37. The molecule has 0 aromatic heterocycles. The first-order chi connectivity index (χ1) is 10.4. The molecule has 1 saturated carbocycles.